The summed E-state index contributed by atoms with van der Waals surface area (Å²) in [7, 11) is 0. The number of benzene rings is 1. The highest BCUT2D eigenvalue weighted by molar-refractivity contribution is 5.83. The molecule has 84 valence electrons. The van der Waals surface area contributed by atoms with Gasteiger partial charge in [-0.25, -0.2) is 0 Å². The number of aromatic amines is 1. The average molecular weight is 214 g/mol. The van der Waals surface area contributed by atoms with Crippen LogP contribution < -0.4 is 5.73 Å². The lowest BCUT2D eigenvalue weighted by atomic mass is 9.81. The first-order valence-corrected chi connectivity index (χ1v) is 6.16. The third-order valence-electron chi connectivity index (χ3n) is 3.78. The first-order chi connectivity index (χ1) is 7.84. The Morgan fingerprint density at radius 3 is 2.94 bits per heavy atom. The molecule has 3 N–H and O–H groups in total. The molecule has 3 rings (SSSR count). The summed E-state index contributed by atoms with van der Waals surface area (Å²) in [5.41, 5.74) is 8.78. The number of nitrogens with one attached hydrogen (secondary N) is 1. The van der Waals surface area contributed by atoms with Crippen LogP contribution in [0, 0.1) is 0 Å². The van der Waals surface area contributed by atoms with Gasteiger partial charge in [-0.15, -0.1) is 0 Å². The van der Waals surface area contributed by atoms with E-state index in [4.69, 9.17) is 5.73 Å². The third kappa shape index (κ3) is 1.63. The van der Waals surface area contributed by atoms with Crippen molar-refractivity contribution in [1.82, 2.24) is 4.98 Å². The number of para-hydroxylation sites is 1. The smallest absolute Gasteiger partial charge is 0.0456 e. The fourth-order valence-corrected chi connectivity index (χ4v) is 2.94. The second-order valence-electron chi connectivity index (χ2n) is 4.91. The van der Waals surface area contributed by atoms with Crippen LogP contribution in [0.25, 0.3) is 10.9 Å². The third-order valence-corrected chi connectivity index (χ3v) is 3.78. The van der Waals surface area contributed by atoms with E-state index in [0.717, 1.165) is 6.42 Å². The molecule has 2 aromatic rings. The van der Waals surface area contributed by atoms with Gasteiger partial charge in [0.25, 0.3) is 0 Å². The second-order valence-corrected chi connectivity index (χ2v) is 4.91. The average Bonchev–Trinajstić information content (AvgIpc) is 2.72. The Balaban J connectivity index is 1.99. The van der Waals surface area contributed by atoms with Crippen LogP contribution in [0.5, 0.6) is 0 Å². The van der Waals surface area contributed by atoms with Gasteiger partial charge in [-0.05, 0) is 36.8 Å². The van der Waals surface area contributed by atoms with Crippen LogP contribution in [0.15, 0.2) is 30.5 Å². The lowest BCUT2D eigenvalue weighted by Gasteiger charge is -2.26. The highest BCUT2D eigenvalue weighted by atomic mass is 14.7. The van der Waals surface area contributed by atoms with Crippen LogP contribution in [-0.4, -0.2) is 11.0 Å². The van der Waals surface area contributed by atoms with Crippen molar-refractivity contribution in [2.24, 2.45) is 5.73 Å². The second kappa shape index (κ2) is 3.95. The van der Waals surface area contributed by atoms with Gasteiger partial charge in [0, 0.05) is 23.1 Å². The molecule has 0 bridgehead atoms. The van der Waals surface area contributed by atoms with Crippen molar-refractivity contribution in [3.8, 4) is 0 Å². The molecule has 0 saturated heterocycles. The molecule has 1 heterocycles. The van der Waals surface area contributed by atoms with Crippen molar-refractivity contribution >= 4 is 10.9 Å². The number of fused-ring (bicyclic) bond motifs is 1. The molecule has 0 spiro atoms. The predicted octanol–water partition coefficient (Wildman–Crippen LogP) is 3.15. The summed E-state index contributed by atoms with van der Waals surface area (Å²) in [4.78, 5) is 3.36. The predicted molar refractivity (Wildman–Crippen MR) is 67.5 cm³/mol. The minimum Gasteiger partial charge on any atom is -0.361 e. The number of hydrogen-bond donors (Lipinski definition) is 2. The SMILES string of the molecule is N[C@H]1CCC[C@@H](c2c[nH]c3ccccc23)C1. The fourth-order valence-electron chi connectivity index (χ4n) is 2.94. The van der Waals surface area contributed by atoms with E-state index in [1.807, 2.05) is 0 Å². The van der Waals surface area contributed by atoms with Crippen molar-refractivity contribution in [2.45, 2.75) is 37.6 Å². The van der Waals surface area contributed by atoms with Gasteiger partial charge >= 0.3 is 0 Å². The minimum absolute atomic E-state index is 0.396. The van der Waals surface area contributed by atoms with Crippen LogP contribution in [0.3, 0.4) is 0 Å². The van der Waals surface area contributed by atoms with Gasteiger partial charge in [0.2, 0.25) is 0 Å². The first kappa shape index (κ1) is 9.91. The molecular formula is C14H18N2. The van der Waals surface area contributed by atoms with Crippen molar-refractivity contribution in [2.75, 3.05) is 0 Å². The maximum absolute atomic E-state index is 6.07. The van der Waals surface area contributed by atoms with E-state index in [0.29, 0.717) is 12.0 Å². The van der Waals surface area contributed by atoms with Gasteiger partial charge in [-0.1, -0.05) is 24.6 Å². The van der Waals surface area contributed by atoms with Crippen molar-refractivity contribution in [1.29, 1.82) is 0 Å². The summed E-state index contributed by atoms with van der Waals surface area (Å²) in [5, 5.41) is 1.38. The van der Waals surface area contributed by atoms with E-state index in [2.05, 4.69) is 35.4 Å². The van der Waals surface area contributed by atoms with E-state index < -0.39 is 0 Å². The van der Waals surface area contributed by atoms with E-state index in [-0.39, 0.29) is 0 Å². The molecule has 1 aromatic carbocycles. The molecule has 2 atom stereocenters. The van der Waals surface area contributed by atoms with Crippen LogP contribution in [0.1, 0.15) is 37.2 Å². The van der Waals surface area contributed by atoms with Crippen LogP contribution in [0.4, 0.5) is 0 Å². The molecule has 1 saturated carbocycles. The molecule has 0 unspecified atom stereocenters. The van der Waals surface area contributed by atoms with Crippen LogP contribution in [-0.2, 0) is 0 Å². The molecular weight excluding hydrogens is 196 g/mol. The number of H-pyrrole nitrogens is 1. The number of nitrogens with two attached hydrogens (primary N) is 1. The van der Waals surface area contributed by atoms with E-state index in [9.17, 15) is 0 Å². The normalized spacial score (nSPS) is 26.1. The van der Waals surface area contributed by atoms with Gasteiger partial charge in [0.15, 0.2) is 0 Å². The minimum atomic E-state index is 0.396. The molecule has 1 aromatic heterocycles. The molecule has 1 fully saturated rings. The van der Waals surface area contributed by atoms with Crippen molar-refractivity contribution in [3.05, 3.63) is 36.0 Å². The largest absolute Gasteiger partial charge is 0.361 e. The van der Waals surface area contributed by atoms with Gasteiger partial charge < -0.3 is 10.7 Å². The highest BCUT2D eigenvalue weighted by Gasteiger charge is 2.22. The lowest BCUT2D eigenvalue weighted by molar-refractivity contribution is 0.395. The summed E-state index contributed by atoms with van der Waals surface area (Å²) in [5.74, 6) is 0.653. The van der Waals surface area contributed by atoms with E-state index in [1.54, 1.807) is 0 Å². The summed E-state index contributed by atoms with van der Waals surface area (Å²) in [6.07, 6.45) is 7.06. The zero-order valence-electron chi connectivity index (χ0n) is 9.45. The van der Waals surface area contributed by atoms with Gasteiger partial charge in [0.1, 0.15) is 0 Å². The molecule has 2 heteroatoms. The Kier molecular flexibility index (Phi) is 2.44. The van der Waals surface area contributed by atoms with Gasteiger partial charge in [0.05, 0.1) is 0 Å². The monoisotopic (exact) mass is 214 g/mol. The standard InChI is InChI=1S/C14H18N2/c15-11-5-3-4-10(8-11)13-9-16-14-7-2-1-6-12(13)14/h1-2,6-7,9-11,16H,3-5,8,15H2/t10-,11+/m1/s1. The van der Waals surface area contributed by atoms with Crippen LogP contribution in [0.2, 0.25) is 0 Å². The molecule has 0 radical (unpaired) electrons. The maximum Gasteiger partial charge on any atom is 0.0456 e. The summed E-state index contributed by atoms with van der Waals surface area (Å²) < 4.78 is 0. The van der Waals surface area contributed by atoms with Crippen molar-refractivity contribution in [3.63, 3.8) is 0 Å². The zero-order valence-corrected chi connectivity index (χ0v) is 9.45. The molecule has 0 amide bonds. The Hall–Kier alpha value is -1.28. The zero-order chi connectivity index (χ0) is 11.0. The molecule has 16 heavy (non-hydrogen) atoms. The quantitative estimate of drug-likeness (QED) is 0.752. The lowest BCUT2D eigenvalue weighted by Crippen LogP contribution is -2.26. The molecule has 1 aliphatic carbocycles. The number of hydrogen-bond acceptors (Lipinski definition) is 1. The Morgan fingerprint density at radius 1 is 1.19 bits per heavy atom. The topological polar surface area (TPSA) is 41.8 Å². The highest BCUT2D eigenvalue weighted by Crippen LogP contribution is 2.35. The maximum atomic E-state index is 6.07. The van der Waals surface area contributed by atoms with Gasteiger partial charge in [-0.3, -0.25) is 0 Å². The fraction of sp³-hybridized carbons (Fsp3) is 0.429. The Bertz CT molecular complexity index is 486. The summed E-state index contributed by atoms with van der Waals surface area (Å²) >= 11 is 0. The Morgan fingerprint density at radius 2 is 2.06 bits per heavy atom. The van der Waals surface area contributed by atoms with E-state index >= 15 is 0 Å². The molecule has 0 aliphatic heterocycles. The Labute approximate surface area is 95.8 Å². The summed E-state index contributed by atoms with van der Waals surface area (Å²) in [6, 6.07) is 8.94. The first-order valence-electron chi connectivity index (χ1n) is 6.16. The number of aromatic nitrogens is 1. The van der Waals surface area contributed by atoms with Gasteiger partial charge in [-0.2, -0.15) is 0 Å². The summed E-state index contributed by atoms with van der Waals surface area (Å²) in [6.45, 7) is 0. The molecule has 1 aliphatic rings. The van der Waals surface area contributed by atoms with Crippen molar-refractivity contribution < 1.29 is 0 Å². The number of rotatable bonds is 1. The molecule has 2 nitrogen and oxygen atoms in total. The van der Waals surface area contributed by atoms with Crippen LogP contribution >= 0.6 is 0 Å². The van der Waals surface area contributed by atoms with E-state index in [1.165, 1.54) is 35.7 Å².